The molecule has 2 heterocycles. The van der Waals surface area contributed by atoms with E-state index in [1.54, 1.807) is 0 Å². The molecule has 2 amide bonds. The average Bonchev–Trinajstić information content (AvgIpc) is 3.39. The SMILES string of the molecule is CN1CCc2nc(S(=O)(=O)NC(=O)Nc3c4c(cc5c3CCC5)CCC4)sc2C1.[H-].[Na+]. The zero-order chi connectivity index (χ0) is 20.2. The molecule has 3 aliphatic rings. The predicted molar refractivity (Wildman–Crippen MR) is 113 cm³/mol. The number of urea groups is 1. The maximum Gasteiger partial charge on any atom is 1.00 e. The summed E-state index contributed by atoms with van der Waals surface area (Å²) in [5, 5.41) is 2.88. The molecular weight excluding hydrogens is 431 g/mol. The Morgan fingerprint density at radius 3 is 2.47 bits per heavy atom. The first-order valence-electron chi connectivity index (χ1n) is 10.1. The van der Waals surface area contributed by atoms with Gasteiger partial charge in [0.05, 0.1) is 5.69 Å². The van der Waals surface area contributed by atoms with Crippen molar-refractivity contribution in [1.29, 1.82) is 0 Å². The summed E-state index contributed by atoms with van der Waals surface area (Å²) >= 11 is 1.15. The molecule has 1 aromatic carbocycles. The third-order valence-electron chi connectivity index (χ3n) is 6.07. The zero-order valence-electron chi connectivity index (χ0n) is 18.4. The number of hydrogen-bond donors (Lipinski definition) is 2. The summed E-state index contributed by atoms with van der Waals surface area (Å²) in [7, 11) is -1.99. The minimum Gasteiger partial charge on any atom is -1.00 e. The number of nitrogens with zero attached hydrogens (tertiary/aromatic N) is 2. The van der Waals surface area contributed by atoms with Gasteiger partial charge in [0.25, 0.3) is 10.0 Å². The molecule has 2 aromatic rings. The minimum absolute atomic E-state index is 0. The van der Waals surface area contributed by atoms with Gasteiger partial charge in [-0.3, -0.25) is 0 Å². The molecule has 7 nitrogen and oxygen atoms in total. The fourth-order valence-electron chi connectivity index (χ4n) is 4.69. The Labute approximate surface area is 204 Å². The van der Waals surface area contributed by atoms with E-state index < -0.39 is 16.1 Å². The van der Waals surface area contributed by atoms with Gasteiger partial charge >= 0.3 is 35.6 Å². The van der Waals surface area contributed by atoms with Crippen LogP contribution in [0.5, 0.6) is 0 Å². The topological polar surface area (TPSA) is 91.4 Å². The van der Waals surface area contributed by atoms with Crippen molar-refractivity contribution < 1.29 is 44.2 Å². The number of thiazole rings is 1. The second-order valence-corrected chi connectivity index (χ2v) is 11.1. The summed E-state index contributed by atoms with van der Waals surface area (Å²) in [6.45, 7) is 1.55. The third kappa shape index (κ3) is 4.08. The van der Waals surface area contributed by atoms with E-state index in [4.69, 9.17) is 0 Å². The van der Waals surface area contributed by atoms with Crippen molar-refractivity contribution in [3.05, 3.63) is 38.9 Å². The van der Waals surface area contributed by atoms with Crippen LogP contribution in [-0.4, -0.2) is 37.9 Å². The van der Waals surface area contributed by atoms with Crippen LogP contribution in [0, 0.1) is 0 Å². The first-order chi connectivity index (χ1) is 13.9. The van der Waals surface area contributed by atoms with Crippen molar-refractivity contribution in [3.63, 3.8) is 0 Å². The zero-order valence-corrected chi connectivity index (χ0v) is 21.0. The van der Waals surface area contributed by atoms with Gasteiger partial charge in [-0.25, -0.2) is 14.5 Å². The van der Waals surface area contributed by atoms with E-state index in [1.807, 2.05) is 7.05 Å². The molecule has 0 bridgehead atoms. The van der Waals surface area contributed by atoms with Gasteiger partial charge in [-0.05, 0) is 67.8 Å². The fraction of sp³-hybridized carbons (Fsp3) is 0.500. The molecule has 0 spiro atoms. The molecule has 0 atom stereocenters. The van der Waals surface area contributed by atoms with E-state index in [9.17, 15) is 13.2 Å². The van der Waals surface area contributed by atoms with Crippen LogP contribution in [0.3, 0.4) is 0 Å². The fourth-order valence-corrected chi connectivity index (χ4v) is 7.08. The molecule has 1 aliphatic heterocycles. The van der Waals surface area contributed by atoms with Gasteiger partial charge in [0.15, 0.2) is 0 Å². The number of rotatable bonds is 3. The number of nitrogens with one attached hydrogen (secondary N) is 2. The van der Waals surface area contributed by atoms with Crippen molar-refractivity contribution in [2.45, 2.75) is 55.8 Å². The second-order valence-electron chi connectivity index (χ2n) is 8.13. The number of amides is 2. The summed E-state index contributed by atoms with van der Waals surface area (Å²) in [6, 6.07) is 1.58. The Morgan fingerprint density at radius 1 is 1.13 bits per heavy atom. The molecule has 156 valence electrons. The number of likely N-dealkylation sites (N-methyl/N-ethyl adjacent to an activating group) is 1. The molecule has 2 N–H and O–H groups in total. The Balaban J connectivity index is 0.00000136. The first-order valence-corrected chi connectivity index (χ1v) is 12.4. The number of hydrogen-bond acceptors (Lipinski definition) is 6. The normalized spacial score (nSPS) is 17.6. The largest absolute Gasteiger partial charge is 1.00 e. The first kappa shape index (κ1) is 22.2. The quantitative estimate of drug-likeness (QED) is 0.621. The summed E-state index contributed by atoms with van der Waals surface area (Å²) < 4.78 is 27.7. The minimum atomic E-state index is -3.99. The predicted octanol–water partition coefficient (Wildman–Crippen LogP) is -0.265. The smallest absolute Gasteiger partial charge is 1.00 e. The number of benzene rings is 1. The summed E-state index contributed by atoms with van der Waals surface area (Å²) in [4.78, 5) is 20.0. The Bertz CT molecular complexity index is 1090. The molecule has 5 rings (SSSR count). The summed E-state index contributed by atoms with van der Waals surface area (Å²) in [5.74, 6) is 0. The van der Waals surface area contributed by atoms with Crippen molar-refractivity contribution in [2.75, 3.05) is 18.9 Å². The Kier molecular flexibility index (Phi) is 6.31. The molecule has 0 saturated carbocycles. The van der Waals surface area contributed by atoms with E-state index >= 15 is 0 Å². The molecule has 0 unspecified atom stereocenters. The number of carbonyl (C=O) groups is 1. The molecule has 30 heavy (non-hydrogen) atoms. The van der Waals surface area contributed by atoms with Crippen LogP contribution < -0.4 is 39.6 Å². The van der Waals surface area contributed by atoms with Crippen molar-refractivity contribution in [3.8, 4) is 0 Å². The van der Waals surface area contributed by atoms with Crippen LogP contribution in [0.4, 0.5) is 10.5 Å². The average molecular weight is 457 g/mol. The molecule has 1 aromatic heterocycles. The standard InChI is InChI=1S/C20H24N4O3S2.Na.H/c1-24-9-8-16-17(11-24)28-20(21-16)29(26,27)23-19(25)22-18-14-6-2-4-12(14)10-13-5-3-7-15(13)18;;/h10H,2-9,11H2,1H3,(H2,22,23,25);;/q;+1;-1. The van der Waals surface area contributed by atoms with E-state index in [1.165, 1.54) is 22.3 Å². The molecule has 0 saturated heterocycles. The maximum absolute atomic E-state index is 12.8. The number of aryl methyl sites for hydroxylation is 2. The van der Waals surface area contributed by atoms with Gasteiger partial charge in [0, 0.05) is 30.1 Å². The van der Waals surface area contributed by atoms with Gasteiger partial charge in [0.2, 0.25) is 4.34 Å². The van der Waals surface area contributed by atoms with Crippen LogP contribution in [0.2, 0.25) is 0 Å². The summed E-state index contributed by atoms with van der Waals surface area (Å²) in [5.41, 5.74) is 6.59. The van der Waals surface area contributed by atoms with Gasteiger partial charge in [-0.1, -0.05) is 6.07 Å². The number of sulfonamides is 1. The maximum atomic E-state index is 12.8. The van der Waals surface area contributed by atoms with Crippen molar-refractivity contribution in [2.24, 2.45) is 0 Å². The molecular formula is C20H25N4NaO3S2. The summed E-state index contributed by atoms with van der Waals surface area (Å²) in [6.07, 6.45) is 6.78. The molecule has 10 heteroatoms. The molecule has 0 fully saturated rings. The van der Waals surface area contributed by atoms with Gasteiger partial charge in [-0.15, -0.1) is 11.3 Å². The number of fused-ring (bicyclic) bond motifs is 3. The van der Waals surface area contributed by atoms with E-state index in [0.717, 1.165) is 79.1 Å². The second kappa shape index (κ2) is 8.52. The van der Waals surface area contributed by atoms with Crippen LogP contribution in [0.25, 0.3) is 0 Å². The van der Waals surface area contributed by atoms with Crippen LogP contribution >= 0.6 is 11.3 Å². The third-order valence-corrected chi connectivity index (χ3v) is 8.86. The van der Waals surface area contributed by atoms with Crippen LogP contribution in [0.15, 0.2) is 10.4 Å². The number of aromatic nitrogens is 1. The van der Waals surface area contributed by atoms with Gasteiger partial charge < -0.3 is 11.6 Å². The van der Waals surface area contributed by atoms with E-state index in [-0.39, 0.29) is 35.3 Å². The van der Waals surface area contributed by atoms with E-state index in [0.29, 0.717) is 6.54 Å². The number of carbonyl (C=O) groups excluding carboxylic acids is 1. The molecule has 2 aliphatic carbocycles. The van der Waals surface area contributed by atoms with Crippen LogP contribution in [0.1, 0.15) is 47.1 Å². The number of anilines is 1. The van der Waals surface area contributed by atoms with Crippen molar-refractivity contribution in [1.82, 2.24) is 14.6 Å². The molecule has 0 radical (unpaired) electrons. The van der Waals surface area contributed by atoms with Crippen LogP contribution in [-0.2, 0) is 48.7 Å². The van der Waals surface area contributed by atoms with Gasteiger partial charge in [0.1, 0.15) is 0 Å². The van der Waals surface area contributed by atoms with E-state index in [2.05, 4.69) is 26.0 Å². The van der Waals surface area contributed by atoms with Crippen molar-refractivity contribution >= 4 is 33.1 Å². The Hall–Kier alpha value is -0.970. The monoisotopic (exact) mass is 456 g/mol. The Morgan fingerprint density at radius 2 is 1.80 bits per heavy atom. The van der Waals surface area contributed by atoms with Gasteiger partial charge in [-0.2, -0.15) is 8.42 Å².